The van der Waals surface area contributed by atoms with E-state index in [4.69, 9.17) is 0 Å². The van der Waals surface area contributed by atoms with Gasteiger partial charge in [0.15, 0.2) is 0 Å². The Kier molecular flexibility index (Phi) is 12.8. The fourth-order valence-corrected chi connectivity index (χ4v) is 4.41. The highest BCUT2D eigenvalue weighted by Crippen LogP contribution is 2.27. The molecule has 0 saturated carbocycles. The highest BCUT2D eigenvalue weighted by molar-refractivity contribution is 5.48. The Labute approximate surface area is 171 Å². The van der Waals surface area contributed by atoms with Crippen LogP contribution >= 0.6 is 0 Å². The van der Waals surface area contributed by atoms with Gasteiger partial charge in [-0.05, 0) is 64.2 Å². The van der Waals surface area contributed by atoms with Crippen LogP contribution in [0.25, 0.3) is 0 Å². The van der Waals surface area contributed by atoms with Crippen LogP contribution in [-0.2, 0) is 12.8 Å². The van der Waals surface area contributed by atoms with E-state index in [1.54, 1.807) is 5.56 Å². The molecule has 0 N–H and O–H groups in total. The van der Waals surface area contributed by atoms with E-state index in [9.17, 15) is 0 Å². The lowest BCUT2D eigenvalue weighted by Gasteiger charge is -2.35. The molecular formula is C26H47N+. The van der Waals surface area contributed by atoms with Gasteiger partial charge in [-0.15, -0.1) is 0 Å². The Hall–Kier alpha value is -0.820. The molecule has 0 amide bonds. The number of hydrogen-bond acceptors (Lipinski definition) is 0. The first-order valence-corrected chi connectivity index (χ1v) is 11.9. The summed E-state index contributed by atoms with van der Waals surface area (Å²) in [6.45, 7) is 17.0. The molecule has 1 aromatic carbocycles. The maximum absolute atomic E-state index is 4.16. The topological polar surface area (TPSA) is 0 Å². The second-order valence-corrected chi connectivity index (χ2v) is 8.23. The van der Waals surface area contributed by atoms with Crippen molar-refractivity contribution in [1.82, 2.24) is 4.48 Å². The SMILES string of the molecule is [CH2]Cc1ccc([N+](CC)(CC)CC)cc1CCCCCCCCCCCC. The maximum Gasteiger partial charge on any atom is 0.133 e. The van der Waals surface area contributed by atoms with E-state index < -0.39 is 0 Å². The average molecular weight is 374 g/mol. The van der Waals surface area contributed by atoms with Gasteiger partial charge in [-0.25, -0.2) is 0 Å². The van der Waals surface area contributed by atoms with E-state index in [1.165, 1.54) is 102 Å². The van der Waals surface area contributed by atoms with Crippen molar-refractivity contribution in [3.8, 4) is 0 Å². The minimum absolute atomic E-state index is 0.914. The van der Waals surface area contributed by atoms with Gasteiger partial charge in [-0.1, -0.05) is 70.8 Å². The number of unbranched alkanes of at least 4 members (excludes halogenated alkanes) is 9. The minimum atomic E-state index is 0.914. The Morgan fingerprint density at radius 2 is 1.19 bits per heavy atom. The molecule has 0 saturated heterocycles. The second-order valence-electron chi connectivity index (χ2n) is 8.23. The van der Waals surface area contributed by atoms with Crippen LogP contribution in [0.2, 0.25) is 0 Å². The summed E-state index contributed by atoms with van der Waals surface area (Å²) in [6.07, 6.45) is 16.2. The third-order valence-electron chi connectivity index (χ3n) is 6.62. The lowest BCUT2D eigenvalue weighted by molar-refractivity contribution is 0.315. The molecule has 0 fully saturated rings. The molecule has 27 heavy (non-hydrogen) atoms. The van der Waals surface area contributed by atoms with Gasteiger partial charge < -0.3 is 0 Å². The van der Waals surface area contributed by atoms with Crippen molar-refractivity contribution in [2.75, 3.05) is 19.6 Å². The molecule has 0 bridgehead atoms. The molecule has 0 aliphatic heterocycles. The maximum atomic E-state index is 4.16. The van der Waals surface area contributed by atoms with Crippen molar-refractivity contribution in [3.05, 3.63) is 36.2 Å². The van der Waals surface area contributed by atoms with Gasteiger partial charge in [0, 0.05) is 6.07 Å². The van der Waals surface area contributed by atoms with Crippen molar-refractivity contribution < 1.29 is 0 Å². The summed E-state index contributed by atoms with van der Waals surface area (Å²) in [4.78, 5) is 0. The number of benzene rings is 1. The molecule has 0 heterocycles. The predicted molar refractivity (Wildman–Crippen MR) is 124 cm³/mol. The molecule has 0 aliphatic rings. The zero-order chi connectivity index (χ0) is 20.0. The molecule has 1 rings (SSSR count). The van der Waals surface area contributed by atoms with Crippen LogP contribution in [0.1, 0.15) is 103 Å². The Balaban J connectivity index is 2.46. The Morgan fingerprint density at radius 1 is 0.667 bits per heavy atom. The van der Waals surface area contributed by atoms with Crippen molar-refractivity contribution in [2.45, 2.75) is 105 Å². The van der Waals surface area contributed by atoms with Crippen molar-refractivity contribution in [3.63, 3.8) is 0 Å². The normalized spacial score (nSPS) is 11.9. The smallest absolute Gasteiger partial charge is 0.133 e. The second kappa shape index (κ2) is 14.2. The summed E-state index contributed by atoms with van der Waals surface area (Å²) in [5.74, 6) is 0. The molecule has 1 aromatic rings. The van der Waals surface area contributed by atoms with Crippen LogP contribution in [0.3, 0.4) is 0 Å². The molecule has 0 aromatic heterocycles. The first kappa shape index (κ1) is 24.2. The number of rotatable bonds is 16. The van der Waals surface area contributed by atoms with Crippen LogP contribution in [0.4, 0.5) is 5.69 Å². The molecule has 155 valence electrons. The largest absolute Gasteiger partial charge is 0.292 e. The minimum Gasteiger partial charge on any atom is -0.292 e. The molecule has 1 heteroatoms. The average Bonchev–Trinajstić information content (AvgIpc) is 2.71. The fraction of sp³-hybridized carbons (Fsp3) is 0.731. The molecular weight excluding hydrogens is 326 g/mol. The van der Waals surface area contributed by atoms with E-state index in [-0.39, 0.29) is 0 Å². The van der Waals surface area contributed by atoms with Crippen LogP contribution in [0.5, 0.6) is 0 Å². The van der Waals surface area contributed by atoms with E-state index in [0.717, 1.165) is 10.9 Å². The van der Waals surface area contributed by atoms with Crippen LogP contribution in [0, 0.1) is 6.92 Å². The zero-order valence-corrected chi connectivity index (χ0v) is 19.0. The monoisotopic (exact) mass is 373 g/mol. The first-order valence-electron chi connectivity index (χ1n) is 11.9. The highest BCUT2D eigenvalue weighted by Gasteiger charge is 2.24. The van der Waals surface area contributed by atoms with Gasteiger partial charge >= 0.3 is 0 Å². The van der Waals surface area contributed by atoms with Gasteiger partial charge in [-0.2, -0.15) is 0 Å². The summed E-state index contributed by atoms with van der Waals surface area (Å²) in [5.41, 5.74) is 4.51. The van der Waals surface area contributed by atoms with Crippen LogP contribution < -0.4 is 4.48 Å². The summed E-state index contributed by atoms with van der Waals surface area (Å²) in [6, 6.07) is 7.21. The summed E-state index contributed by atoms with van der Waals surface area (Å²) >= 11 is 0. The third kappa shape index (κ3) is 7.98. The quantitative estimate of drug-likeness (QED) is 0.204. The molecule has 1 nitrogen and oxygen atoms in total. The van der Waals surface area contributed by atoms with Gasteiger partial charge in [0.1, 0.15) is 5.69 Å². The molecule has 0 spiro atoms. The Morgan fingerprint density at radius 3 is 1.67 bits per heavy atom. The van der Waals surface area contributed by atoms with Gasteiger partial charge in [-0.3, -0.25) is 4.48 Å². The highest BCUT2D eigenvalue weighted by atomic mass is 15.3. The van der Waals surface area contributed by atoms with Gasteiger partial charge in [0.05, 0.1) is 19.6 Å². The molecule has 0 aliphatic carbocycles. The van der Waals surface area contributed by atoms with E-state index in [2.05, 4.69) is 52.8 Å². The van der Waals surface area contributed by atoms with E-state index >= 15 is 0 Å². The lowest BCUT2D eigenvalue weighted by Crippen LogP contribution is -2.48. The fourth-order valence-electron chi connectivity index (χ4n) is 4.41. The summed E-state index contributed by atoms with van der Waals surface area (Å²) in [7, 11) is 0. The van der Waals surface area contributed by atoms with Crippen molar-refractivity contribution in [2.24, 2.45) is 0 Å². The number of quaternary nitrogens is 1. The van der Waals surface area contributed by atoms with Crippen molar-refractivity contribution >= 4 is 5.69 Å². The summed E-state index contributed by atoms with van der Waals surface area (Å²) < 4.78 is 1.10. The number of hydrogen-bond donors (Lipinski definition) is 0. The van der Waals surface area contributed by atoms with Crippen LogP contribution in [-0.4, -0.2) is 19.6 Å². The van der Waals surface area contributed by atoms with E-state index in [1.807, 2.05) is 0 Å². The summed E-state index contributed by atoms with van der Waals surface area (Å²) in [5, 5.41) is 0. The van der Waals surface area contributed by atoms with Crippen LogP contribution in [0.15, 0.2) is 18.2 Å². The first-order chi connectivity index (χ1) is 13.2. The third-order valence-corrected chi connectivity index (χ3v) is 6.62. The number of nitrogens with zero attached hydrogens (tertiary/aromatic N) is 1. The van der Waals surface area contributed by atoms with Gasteiger partial charge in [0.2, 0.25) is 0 Å². The zero-order valence-electron chi connectivity index (χ0n) is 19.0. The molecule has 0 unspecified atom stereocenters. The molecule has 0 atom stereocenters. The number of aryl methyl sites for hydroxylation is 1. The Bertz CT molecular complexity index is 479. The van der Waals surface area contributed by atoms with E-state index in [0.29, 0.717) is 0 Å². The molecule has 1 radical (unpaired) electrons. The predicted octanol–water partition coefficient (Wildman–Crippen LogP) is 7.89. The van der Waals surface area contributed by atoms with Gasteiger partial charge in [0.25, 0.3) is 0 Å². The standard InChI is InChI=1S/C26H47N/c1-6-11-12-13-14-15-16-17-18-19-20-25-23-26(22-21-24(25)7-2)27(8-3,9-4)10-5/h21-23H,2,6-20H2,1,3-5H3/q+1. The van der Waals surface area contributed by atoms with Crippen molar-refractivity contribution in [1.29, 1.82) is 0 Å². The lowest BCUT2D eigenvalue weighted by atomic mass is 9.97.